The second-order valence-electron chi connectivity index (χ2n) is 6.13. The smallest absolute Gasteiger partial charge is 0.122 e. The first-order chi connectivity index (χ1) is 10.3. The second-order valence-corrected chi connectivity index (χ2v) is 6.13. The standard InChI is InChI=1S/C17H26N2O2.2ClH/c1-20-15-10-14(11-16(12-15)21-2)17(9-13-3-4-13)19-7-5-18-6-8-19;;/h10-13,17-18H,3-9H2,1-2H3;2*1H/t17-;;/m0../s1. The molecule has 1 atom stereocenters. The van der Waals surface area contributed by atoms with Crippen LogP contribution in [0.1, 0.15) is 30.9 Å². The molecule has 1 aromatic carbocycles. The van der Waals surface area contributed by atoms with E-state index in [1.165, 1.54) is 24.8 Å². The van der Waals surface area contributed by atoms with Crippen LogP contribution in [-0.2, 0) is 0 Å². The maximum Gasteiger partial charge on any atom is 0.122 e. The van der Waals surface area contributed by atoms with Crippen LogP contribution < -0.4 is 14.8 Å². The monoisotopic (exact) mass is 362 g/mol. The summed E-state index contributed by atoms with van der Waals surface area (Å²) in [4.78, 5) is 2.61. The van der Waals surface area contributed by atoms with Crippen molar-refractivity contribution in [2.75, 3.05) is 40.4 Å². The molecule has 0 unspecified atom stereocenters. The van der Waals surface area contributed by atoms with E-state index in [1.54, 1.807) is 14.2 Å². The number of ether oxygens (including phenoxy) is 2. The van der Waals surface area contributed by atoms with Gasteiger partial charge in [-0.2, -0.15) is 0 Å². The Bertz CT molecular complexity index is 455. The van der Waals surface area contributed by atoms with Crippen molar-refractivity contribution in [2.45, 2.75) is 25.3 Å². The third-order valence-corrected chi connectivity index (χ3v) is 4.60. The maximum atomic E-state index is 5.44. The molecular weight excluding hydrogens is 335 g/mol. The zero-order valence-electron chi connectivity index (χ0n) is 13.9. The minimum absolute atomic E-state index is 0. The largest absolute Gasteiger partial charge is 0.497 e. The van der Waals surface area contributed by atoms with E-state index in [1.807, 2.05) is 6.07 Å². The molecule has 4 nitrogen and oxygen atoms in total. The lowest BCUT2D eigenvalue weighted by molar-refractivity contribution is 0.160. The quantitative estimate of drug-likeness (QED) is 0.841. The van der Waals surface area contributed by atoms with Crippen LogP contribution in [-0.4, -0.2) is 45.3 Å². The lowest BCUT2D eigenvalue weighted by atomic mass is 9.98. The van der Waals surface area contributed by atoms with Crippen LogP contribution >= 0.6 is 24.8 Å². The van der Waals surface area contributed by atoms with E-state index in [0.717, 1.165) is 43.6 Å². The van der Waals surface area contributed by atoms with Crippen molar-refractivity contribution in [3.8, 4) is 11.5 Å². The average Bonchev–Trinajstić information content (AvgIpc) is 3.37. The van der Waals surface area contributed by atoms with Crippen molar-refractivity contribution in [3.63, 3.8) is 0 Å². The summed E-state index contributed by atoms with van der Waals surface area (Å²) in [6.45, 7) is 4.42. The van der Waals surface area contributed by atoms with Gasteiger partial charge in [0.25, 0.3) is 0 Å². The number of piperazine rings is 1. The Morgan fingerprint density at radius 3 is 2.09 bits per heavy atom. The summed E-state index contributed by atoms with van der Waals surface area (Å²) >= 11 is 0. The molecule has 6 heteroatoms. The van der Waals surface area contributed by atoms with Gasteiger partial charge in [0.2, 0.25) is 0 Å². The fourth-order valence-corrected chi connectivity index (χ4v) is 3.18. The third kappa shape index (κ3) is 5.42. The number of hydrogen-bond acceptors (Lipinski definition) is 4. The average molecular weight is 363 g/mol. The Kier molecular flexibility index (Phi) is 8.48. The number of nitrogens with zero attached hydrogens (tertiary/aromatic N) is 1. The van der Waals surface area contributed by atoms with Crippen molar-refractivity contribution < 1.29 is 9.47 Å². The van der Waals surface area contributed by atoms with E-state index in [4.69, 9.17) is 9.47 Å². The van der Waals surface area contributed by atoms with E-state index in [2.05, 4.69) is 22.3 Å². The van der Waals surface area contributed by atoms with Gasteiger partial charge in [0.1, 0.15) is 11.5 Å². The van der Waals surface area contributed by atoms with E-state index in [-0.39, 0.29) is 24.8 Å². The summed E-state index contributed by atoms with van der Waals surface area (Å²) in [7, 11) is 3.44. The van der Waals surface area contributed by atoms with Crippen LogP contribution in [0.3, 0.4) is 0 Å². The Hall–Kier alpha value is -0.680. The molecule has 1 aromatic rings. The lowest BCUT2D eigenvalue weighted by Gasteiger charge is -2.35. The van der Waals surface area contributed by atoms with Crippen LogP contribution in [0.4, 0.5) is 0 Å². The van der Waals surface area contributed by atoms with Gasteiger partial charge in [-0.15, -0.1) is 24.8 Å². The van der Waals surface area contributed by atoms with Crippen LogP contribution in [0.15, 0.2) is 18.2 Å². The van der Waals surface area contributed by atoms with Crippen LogP contribution in [0, 0.1) is 5.92 Å². The maximum absolute atomic E-state index is 5.44. The Labute approximate surface area is 151 Å². The molecule has 23 heavy (non-hydrogen) atoms. The zero-order valence-corrected chi connectivity index (χ0v) is 15.5. The number of rotatable bonds is 6. The molecule has 1 heterocycles. The number of methoxy groups -OCH3 is 2. The summed E-state index contributed by atoms with van der Waals surface area (Å²) in [5, 5.41) is 3.44. The van der Waals surface area contributed by atoms with Gasteiger partial charge < -0.3 is 14.8 Å². The number of hydrogen-bond donors (Lipinski definition) is 1. The minimum Gasteiger partial charge on any atom is -0.497 e. The van der Waals surface area contributed by atoms with Gasteiger partial charge in [0, 0.05) is 38.3 Å². The predicted octanol–water partition coefficient (Wildman–Crippen LogP) is 3.29. The van der Waals surface area contributed by atoms with Crippen molar-refractivity contribution in [2.24, 2.45) is 5.92 Å². The van der Waals surface area contributed by atoms with Gasteiger partial charge in [0.15, 0.2) is 0 Å². The number of benzene rings is 1. The summed E-state index contributed by atoms with van der Waals surface area (Å²) < 4.78 is 10.9. The zero-order chi connectivity index (χ0) is 14.7. The summed E-state index contributed by atoms with van der Waals surface area (Å²) in [5.41, 5.74) is 1.33. The van der Waals surface area contributed by atoms with Crippen LogP contribution in [0.25, 0.3) is 0 Å². The summed E-state index contributed by atoms with van der Waals surface area (Å²) in [6.07, 6.45) is 4.05. The third-order valence-electron chi connectivity index (χ3n) is 4.60. The Morgan fingerprint density at radius 1 is 1.04 bits per heavy atom. The topological polar surface area (TPSA) is 33.7 Å². The molecule has 0 spiro atoms. The van der Waals surface area contributed by atoms with Gasteiger partial charge in [-0.1, -0.05) is 12.8 Å². The first-order valence-electron chi connectivity index (χ1n) is 7.98. The highest BCUT2D eigenvalue weighted by atomic mass is 35.5. The van der Waals surface area contributed by atoms with Crippen LogP contribution in [0.5, 0.6) is 11.5 Å². The first-order valence-corrected chi connectivity index (χ1v) is 7.98. The molecule has 0 radical (unpaired) electrons. The van der Waals surface area contributed by atoms with Crippen molar-refractivity contribution >= 4 is 24.8 Å². The number of nitrogens with one attached hydrogen (secondary N) is 1. The normalized spacial score (nSPS) is 19.2. The highest BCUT2D eigenvalue weighted by molar-refractivity contribution is 5.85. The predicted molar refractivity (Wildman–Crippen MR) is 98.6 cm³/mol. The van der Waals surface area contributed by atoms with Crippen molar-refractivity contribution in [1.82, 2.24) is 10.2 Å². The first kappa shape index (κ1) is 20.4. The second kappa shape index (κ2) is 9.58. The molecule has 0 aromatic heterocycles. The highest BCUT2D eigenvalue weighted by Crippen LogP contribution is 2.41. The van der Waals surface area contributed by atoms with E-state index in [9.17, 15) is 0 Å². The minimum atomic E-state index is 0. The molecule has 0 amide bonds. The molecule has 1 N–H and O–H groups in total. The SMILES string of the molecule is COc1cc(OC)cc([C@H](CC2CC2)N2CCNCC2)c1.Cl.Cl. The molecule has 2 aliphatic rings. The Morgan fingerprint density at radius 2 is 1.61 bits per heavy atom. The summed E-state index contributed by atoms with van der Waals surface area (Å²) in [6, 6.07) is 6.80. The van der Waals surface area contributed by atoms with Crippen molar-refractivity contribution in [3.05, 3.63) is 23.8 Å². The molecule has 1 saturated carbocycles. The number of halogens is 2. The summed E-state index contributed by atoms with van der Waals surface area (Å²) in [5.74, 6) is 2.68. The van der Waals surface area contributed by atoms with Crippen molar-refractivity contribution in [1.29, 1.82) is 0 Å². The molecule has 132 valence electrons. The van der Waals surface area contributed by atoms with Crippen LogP contribution in [0.2, 0.25) is 0 Å². The fraction of sp³-hybridized carbons (Fsp3) is 0.647. The van der Waals surface area contributed by atoms with E-state index >= 15 is 0 Å². The highest BCUT2D eigenvalue weighted by Gasteiger charge is 2.30. The van der Waals surface area contributed by atoms with Gasteiger partial charge in [-0.3, -0.25) is 4.90 Å². The molecule has 3 rings (SSSR count). The molecule has 1 aliphatic heterocycles. The molecule has 0 bridgehead atoms. The molecule has 1 aliphatic carbocycles. The molecule has 1 saturated heterocycles. The molecule has 2 fully saturated rings. The molecular formula is C17H28Cl2N2O2. The van der Waals surface area contributed by atoms with Gasteiger partial charge >= 0.3 is 0 Å². The Balaban J connectivity index is 0.00000132. The lowest BCUT2D eigenvalue weighted by Crippen LogP contribution is -2.45. The van der Waals surface area contributed by atoms with E-state index in [0.29, 0.717) is 6.04 Å². The van der Waals surface area contributed by atoms with E-state index < -0.39 is 0 Å². The van der Waals surface area contributed by atoms with Gasteiger partial charge in [-0.25, -0.2) is 0 Å². The van der Waals surface area contributed by atoms with Gasteiger partial charge in [-0.05, 0) is 30.0 Å². The fourth-order valence-electron chi connectivity index (χ4n) is 3.18. The van der Waals surface area contributed by atoms with Gasteiger partial charge in [0.05, 0.1) is 14.2 Å².